The Balaban J connectivity index is 1.56. The maximum atomic E-state index is 12.4. The lowest BCUT2D eigenvalue weighted by atomic mass is 10.2. The molecule has 0 bridgehead atoms. The molecule has 0 saturated heterocycles. The van der Waals surface area contributed by atoms with Crippen LogP contribution in [0.2, 0.25) is 10.0 Å². The number of rotatable bonds is 3. The first-order valence-electron chi connectivity index (χ1n) is 8.23. The van der Waals surface area contributed by atoms with E-state index in [4.69, 9.17) is 23.2 Å². The topological polar surface area (TPSA) is 59.8 Å². The average molecular weight is 375 g/mol. The fourth-order valence-corrected chi connectivity index (χ4v) is 3.45. The van der Waals surface area contributed by atoms with Gasteiger partial charge in [-0.25, -0.2) is 0 Å². The summed E-state index contributed by atoms with van der Waals surface area (Å²) >= 11 is 11.9. The summed E-state index contributed by atoms with van der Waals surface area (Å²) in [5.74, 6) is -0.249. The Bertz CT molecular complexity index is 947. The van der Waals surface area contributed by atoms with Crippen LogP contribution >= 0.6 is 23.2 Å². The maximum Gasteiger partial charge on any atom is 0.255 e. The number of hydrogen-bond donors (Lipinski definition) is 1. The molecule has 1 aromatic heterocycles. The molecule has 5 nitrogen and oxygen atoms in total. The molecule has 7 heteroatoms. The number of fused-ring (bicyclic) bond motifs is 1. The summed E-state index contributed by atoms with van der Waals surface area (Å²) in [4.78, 5) is 14.2. The Hall–Kier alpha value is -2.11. The largest absolute Gasteiger partial charge is 0.322 e. The predicted molar refractivity (Wildman–Crippen MR) is 99.4 cm³/mol. The Morgan fingerprint density at radius 2 is 1.76 bits per heavy atom. The summed E-state index contributed by atoms with van der Waals surface area (Å²) < 4.78 is 0. The number of carbonyl (C=O) groups excluding carboxylic acids is 1. The Morgan fingerprint density at radius 3 is 2.52 bits per heavy atom. The number of carbonyl (C=O) groups is 1. The van der Waals surface area contributed by atoms with Gasteiger partial charge in [-0.05, 0) is 49.2 Å². The maximum absolute atomic E-state index is 12.4. The van der Waals surface area contributed by atoms with Crippen LogP contribution in [0.4, 0.5) is 5.69 Å². The molecule has 1 N–H and O–H groups in total. The highest BCUT2D eigenvalue weighted by atomic mass is 35.5. The highest BCUT2D eigenvalue weighted by Crippen LogP contribution is 2.29. The van der Waals surface area contributed by atoms with E-state index < -0.39 is 0 Å². The minimum Gasteiger partial charge on any atom is -0.322 e. The van der Waals surface area contributed by atoms with E-state index in [1.165, 1.54) is 12.8 Å². The monoisotopic (exact) mass is 374 g/mol. The fraction of sp³-hybridized carbons (Fsp3) is 0.278. The van der Waals surface area contributed by atoms with E-state index in [1.54, 1.807) is 18.2 Å². The lowest BCUT2D eigenvalue weighted by Crippen LogP contribution is -2.11. The summed E-state index contributed by atoms with van der Waals surface area (Å²) in [5, 5.41) is 12.8. The number of nitrogens with one attached hydrogen (secondary N) is 1. The molecule has 1 aliphatic carbocycles. The fourth-order valence-electron chi connectivity index (χ4n) is 3.15. The lowest BCUT2D eigenvalue weighted by Gasteiger charge is -2.06. The lowest BCUT2D eigenvalue weighted by molar-refractivity contribution is 0.102. The summed E-state index contributed by atoms with van der Waals surface area (Å²) in [6.45, 7) is 0. The molecule has 3 aromatic rings. The van der Waals surface area contributed by atoms with Gasteiger partial charge < -0.3 is 5.32 Å². The smallest absolute Gasteiger partial charge is 0.255 e. The standard InChI is InChI=1S/C18H16Cl2N4O/c19-14-7-5-11(9-15(14)20)18(25)21-12-6-8-16-17(10-12)23-24(22-16)13-3-1-2-4-13/h5-10,13H,1-4H2,(H,21,25). The zero-order chi connectivity index (χ0) is 17.4. The third kappa shape index (κ3) is 3.34. The van der Waals surface area contributed by atoms with Crippen LogP contribution in [-0.2, 0) is 0 Å². The molecular weight excluding hydrogens is 359 g/mol. The summed E-state index contributed by atoms with van der Waals surface area (Å²) in [5.41, 5.74) is 2.73. The van der Waals surface area contributed by atoms with E-state index in [0.717, 1.165) is 23.9 Å². The van der Waals surface area contributed by atoms with Gasteiger partial charge >= 0.3 is 0 Å². The average Bonchev–Trinajstić information content (AvgIpc) is 3.25. The van der Waals surface area contributed by atoms with Crippen molar-refractivity contribution in [3.05, 3.63) is 52.0 Å². The number of amides is 1. The number of aromatic nitrogens is 3. The van der Waals surface area contributed by atoms with Crippen LogP contribution in [0.25, 0.3) is 11.0 Å². The quantitative estimate of drug-likeness (QED) is 0.692. The molecule has 0 spiro atoms. The molecule has 1 amide bonds. The molecule has 1 fully saturated rings. The molecule has 0 atom stereocenters. The zero-order valence-corrected chi connectivity index (χ0v) is 14.9. The van der Waals surface area contributed by atoms with E-state index in [-0.39, 0.29) is 5.91 Å². The van der Waals surface area contributed by atoms with Gasteiger partial charge in [0.25, 0.3) is 5.91 Å². The first-order chi connectivity index (χ1) is 12.1. The van der Waals surface area contributed by atoms with Gasteiger partial charge in [0.2, 0.25) is 0 Å². The highest BCUT2D eigenvalue weighted by molar-refractivity contribution is 6.42. The minimum absolute atomic E-state index is 0.249. The molecule has 128 valence electrons. The molecular formula is C18H16Cl2N4O. The summed E-state index contributed by atoms with van der Waals surface area (Å²) in [6, 6.07) is 10.7. The van der Waals surface area contributed by atoms with Gasteiger partial charge in [-0.3, -0.25) is 4.79 Å². The second-order valence-electron chi connectivity index (χ2n) is 6.25. The van der Waals surface area contributed by atoms with Crippen molar-refractivity contribution in [1.29, 1.82) is 0 Å². The van der Waals surface area contributed by atoms with Crippen molar-refractivity contribution >= 4 is 45.8 Å². The first kappa shape index (κ1) is 16.4. The van der Waals surface area contributed by atoms with Gasteiger partial charge in [-0.15, -0.1) is 0 Å². The first-order valence-corrected chi connectivity index (χ1v) is 8.99. The summed E-state index contributed by atoms with van der Waals surface area (Å²) in [6.07, 6.45) is 4.71. The molecule has 2 aromatic carbocycles. The highest BCUT2D eigenvalue weighted by Gasteiger charge is 2.19. The molecule has 1 heterocycles. The van der Waals surface area contributed by atoms with E-state index in [9.17, 15) is 4.79 Å². The van der Waals surface area contributed by atoms with Crippen molar-refractivity contribution in [3.63, 3.8) is 0 Å². The Labute approximate surface area is 154 Å². The van der Waals surface area contributed by atoms with Crippen LogP contribution in [0.1, 0.15) is 42.1 Å². The second-order valence-corrected chi connectivity index (χ2v) is 7.06. The van der Waals surface area contributed by atoms with Gasteiger partial charge in [0, 0.05) is 11.3 Å². The molecule has 4 rings (SSSR count). The van der Waals surface area contributed by atoms with Crippen LogP contribution < -0.4 is 5.32 Å². The van der Waals surface area contributed by atoms with E-state index in [1.807, 2.05) is 23.0 Å². The zero-order valence-electron chi connectivity index (χ0n) is 13.4. The molecule has 1 saturated carbocycles. The van der Waals surface area contributed by atoms with Gasteiger partial charge in [0.15, 0.2) is 0 Å². The third-order valence-electron chi connectivity index (χ3n) is 4.49. The number of hydrogen-bond acceptors (Lipinski definition) is 3. The Kier molecular flexibility index (Phi) is 4.36. The summed E-state index contributed by atoms with van der Waals surface area (Å²) in [7, 11) is 0. The number of benzene rings is 2. The van der Waals surface area contributed by atoms with Crippen LogP contribution in [0.5, 0.6) is 0 Å². The van der Waals surface area contributed by atoms with E-state index in [2.05, 4.69) is 15.5 Å². The van der Waals surface area contributed by atoms with Crippen LogP contribution in [0.3, 0.4) is 0 Å². The number of anilines is 1. The van der Waals surface area contributed by atoms with Crippen molar-refractivity contribution in [1.82, 2.24) is 15.0 Å². The van der Waals surface area contributed by atoms with Gasteiger partial charge in [-0.1, -0.05) is 36.0 Å². The molecule has 1 aliphatic rings. The predicted octanol–water partition coefficient (Wildman–Crippen LogP) is 5.11. The van der Waals surface area contributed by atoms with Crippen molar-refractivity contribution < 1.29 is 4.79 Å². The normalized spacial score (nSPS) is 15.0. The third-order valence-corrected chi connectivity index (χ3v) is 5.23. The SMILES string of the molecule is O=C(Nc1ccc2nn(C3CCCC3)nc2c1)c1ccc(Cl)c(Cl)c1. The van der Waals surface area contributed by atoms with Gasteiger partial charge in [0.05, 0.1) is 16.1 Å². The van der Waals surface area contributed by atoms with Crippen molar-refractivity contribution in [3.8, 4) is 0 Å². The van der Waals surface area contributed by atoms with Crippen LogP contribution in [0.15, 0.2) is 36.4 Å². The van der Waals surface area contributed by atoms with Crippen LogP contribution in [0, 0.1) is 0 Å². The molecule has 0 aliphatic heterocycles. The molecule has 25 heavy (non-hydrogen) atoms. The van der Waals surface area contributed by atoms with E-state index in [0.29, 0.717) is 27.3 Å². The second kappa shape index (κ2) is 6.65. The minimum atomic E-state index is -0.249. The van der Waals surface area contributed by atoms with Gasteiger partial charge in [0.1, 0.15) is 11.0 Å². The molecule has 0 radical (unpaired) electrons. The number of nitrogens with zero attached hydrogens (tertiary/aromatic N) is 3. The molecule has 0 unspecified atom stereocenters. The van der Waals surface area contributed by atoms with Crippen molar-refractivity contribution in [2.75, 3.05) is 5.32 Å². The van der Waals surface area contributed by atoms with E-state index >= 15 is 0 Å². The van der Waals surface area contributed by atoms with Crippen molar-refractivity contribution in [2.45, 2.75) is 31.7 Å². The number of halogens is 2. The van der Waals surface area contributed by atoms with Crippen LogP contribution in [-0.4, -0.2) is 20.9 Å². The van der Waals surface area contributed by atoms with Gasteiger partial charge in [-0.2, -0.15) is 15.0 Å². The Morgan fingerprint density at radius 1 is 1.00 bits per heavy atom. The van der Waals surface area contributed by atoms with Crippen molar-refractivity contribution in [2.24, 2.45) is 0 Å².